The van der Waals surface area contributed by atoms with Crippen molar-refractivity contribution in [3.05, 3.63) is 47.9 Å². The number of fused-ring (bicyclic) bond motifs is 1. The molecule has 0 bridgehead atoms. The Morgan fingerprint density at radius 2 is 2.00 bits per heavy atom. The summed E-state index contributed by atoms with van der Waals surface area (Å²) in [7, 11) is -1.82. The van der Waals surface area contributed by atoms with Gasteiger partial charge < -0.3 is 19.2 Å². The van der Waals surface area contributed by atoms with E-state index in [4.69, 9.17) is 13.9 Å². The van der Waals surface area contributed by atoms with Crippen molar-refractivity contribution in [2.75, 3.05) is 25.4 Å². The maximum Gasteiger partial charge on any atom is 0.248 e. The number of hydrogen-bond donors (Lipinski definition) is 1. The molecule has 0 spiro atoms. The Bertz CT molecular complexity index is 948. The highest BCUT2D eigenvalue weighted by Gasteiger charge is 2.14. The largest absolute Gasteiger partial charge is 0.460 e. The van der Waals surface area contributed by atoms with Crippen LogP contribution in [0.5, 0.6) is 11.5 Å². The van der Waals surface area contributed by atoms with Crippen LogP contribution < -0.4 is 14.8 Å². The summed E-state index contributed by atoms with van der Waals surface area (Å²) in [6.45, 7) is 0.290. The molecule has 26 heavy (non-hydrogen) atoms. The molecule has 2 aromatic rings. The van der Waals surface area contributed by atoms with Gasteiger partial charge >= 0.3 is 0 Å². The predicted molar refractivity (Wildman–Crippen MR) is 95.2 cm³/mol. The number of carbonyl (C=O) groups is 1. The van der Waals surface area contributed by atoms with E-state index in [9.17, 15) is 13.2 Å². The smallest absolute Gasteiger partial charge is 0.248 e. The lowest BCUT2D eigenvalue weighted by atomic mass is 10.2. The molecule has 2 heterocycles. The molecule has 0 atom stereocenters. The standard InChI is InChI=1S/C17H18N2O6S/c1-19(26(2,21)22)10-14-5-4-13(25-14)6-8-17(20)18-12-3-7-15-16(9-12)24-11-23-15/h3-9H,10-11H2,1-2H3,(H,18,20)/b8-6+. The van der Waals surface area contributed by atoms with Crippen LogP contribution in [-0.2, 0) is 21.4 Å². The number of furan rings is 1. The van der Waals surface area contributed by atoms with Gasteiger partial charge in [-0.15, -0.1) is 0 Å². The molecule has 1 N–H and O–H groups in total. The van der Waals surface area contributed by atoms with Crippen molar-refractivity contribution in [1.29, 1.82) is 0 Å². The minimum Gasteiger partial charge on any atom is -0.460 e. The van der Waals surface area contributed by atoms with Crippen LogP contribution in [0.4, 0.5) is 5.69 Å². The summed E-state index contributed by atoms with van der Waals surface area (Å²) in [6, 6.07) is 8.44. The first-order chi connectivity index (χ1) is 12.3. The first-order valence-corrected chi connectivity index (χ1v) is 9.55. The Labute approximate surface area is 151 Å². The van der Waals surface area contributed by atoms with Crippen molar-refractivity contribution in [1.82, 2.24) is 4.31 Å². The second kappa shape index (κ2) is 7.22. The van der Waals surface area contributed by atoms with Crippen LogP contribution in [0.15, 0.2) is 40.8 Å². The molecule has 138 valence electrons. The third-order valence-corrected chi connectivity index (χ3v) is 4.93. The molecular formula is C17H18N2O6S. The normalized spacial score (nSPS) is 13.5. The molecule has 0 fully saturated rings. The average Bonchev–Trinajstić information content (AvgIpc) is 3.20. The van der Waals surface area contributed by atoms with Gasteiger partial charge in [-0.1, -0.05) is 0 Å². The zero-order valence-electron chi connectivity index (χ0n) is 14.3. The van der Waals surface area contributed by atoms with Gasteiger partial charge in [-0.05, 0) is 30.3 Å². The summed E-state index contributed by atoms with van der Waals surface area (Å²) in [4.78, 5) is 12.0. The van der Waals surface area contributed by atoms with Crippen LogP contribution in [0.25, 0.3) is 6.08 Å². The highest BCUT2D eigenvalue weighted by Crippen LogP contribution is 2.34. The lowest BCUT2D eigenvalue weighted by Crippen LogP contribution is -2.24. The van der Waals surface area contributed by atoms with Crippen molar-refractivity contribution < 1.29 is 27.1 Å². The molecule has 1 amide bonds. The van der Waals surface area contributed by atoms with Gasteiger partial charge in [0.1, 0.15) is 11.5 Å². The molecule has 0 saturated heterocycles. The molecule has 1 aliphatic heterocycles. The Kier molecular flexibility index (Phi) is 5.01. The van der Waals surface area contributed by atoms with Crippen LogP contribution in [0.1, 0.15) is 11.5 Å². The first-order valence-electron chi connectivity index (χ1n) is 7.70. The minimum atomic E-state index is -3.28. The zero-order chi connectivity index (χ0) is 18.7. The number of anilines is 1. The van der Waals surface area contributed by atoms with Crippen LogP contribution in [0.3, 0.4) is 0 Å². The second-order valence-corrected chi connectivity index (χ2v) is 7.80. The molecule has 0 unspecified atom stereocenters. The molecule has 0 aliphatic carbocycles. The van der Waals surface area contributed by atoms with Gasteiger partial charge in [0.15, 0.2) is 11.5 Å². The number of carbonyl (C=O) groups excluding carboxylic acids is 1. The number of hydrogen-bond acceptors (Lipinski definition) is 6. The Hall–Kier alpha value is -2.78. The highest BCUT2D eigenvalue weighted by molar-refractivity contribution is 7.88. The van der Waals surface area contributed by atoms with Gasteiger partial charge in [0.05, 0.1) is 12.8 Å². The number of nitrogens with zero attached hydrogens (tertiary/aromatic N) is 1. The Balaban J connectivity index is 1.58. The van der Waals surface area contributed by atoms with E-state index in [0.717, 1.165) is 6.26 Å². The van der Waals surface area contributed by atoms with E-state index >= 15 is 0 Å². The lowest BCUT2D eigenvalue weighted by molar-refractivity contribution is -0.111. The number of ether oxygens (including phenoxy) is 2. The minimum absolute atomic E-state index is 0.121. The summed E-state index contributed by atoms with van der Waals surface area (Å²) in [5.74, 6) is 1.81. The van der Waals surface area contributed by atoms with Crippen molar-refractivity contribution in [3.8, 4) is 11.5 Å². The van der Waals surface area contributed by atoms with Crippen molar-refractivity contribution in [2.45, 2.75) is 6.54 Å². The summed E-state index contributed by atoms with van der Waals surface area (Å²) in [6.07, 6.45) is 3.96. The number of sulfonamides is 1. The molecule has 0 saturated carbocycles. The molecule has 1 aliphatic rings. The topological polar surface area (TPSA) is 98.1 Å². The van der Waals surface area contributed by atoms with Gasteiger partial charge in [-0.3, -0.25) is 4.79 Å². The predicted octanol–water partition coefficient (Wildman–Crippen LogP) is 2.05. The number of nitrogens with one attached hydrogen (secondary N) is 1. The van der Waals surface area contributed by atoms with Crippen molar-refractivity contribution in [2.24, 2.45) is 0 Å². The van der Waals surface area contributed by atoms with Gasteiger partial charge in [0.2, 0.25) is 22.7 Å². The summed E-state index contributed by atoms with van der Waals surface area (Å²) in [5, 5.41) is 2.71. The second-order valence-electron chi connectivity index (χ2n) is 5.71. The molecule has 3 rings (SSSR count). The monoisotopic (exact) mass is 378 g/mol. The van der Waals surface area contributed by atoms with Gasteiger partial charge in [-0.25, -0.2) is 8.42 Å². The maximum atomic E-state index is 12.0. The van der Waals surface area contributed by atoms with E-state index in [1.807, 2.05) is 0 Å². The molecule has 0 radical (unpaired) electrons. The van der Waals surface area contributed by atoms with Gasteiger partial charge in [0, 0.05) is 24.9 Å². The summed E-state index contributed by atoms with van der Waals surface area (Å²) in [5.41, 5.74) is 0.582. The van der Waals surface area contributed by atoms with E-state index < -0.39 is 10.0 Å². The third kappa shape index (κ3) is 4.44. The number of amides is 1. The van der Waals surface area contributed by atoms with Crippen molar-refractivity contribution >= 4 is 27.7 Å². The Morgan fingerprint density at radius 3 is 2.77 bits per heavy atom. The van der Waals surface area contributed by atoms with E-state index in [-0.39, 0.29) is 19.2 Å². The number of benzene rings is 1. The number of rotatable bonds is 6. The fourth-order valence-corrected chi connectivity index (χ4v) is 2.58. The van der Waals surface area contributed by atoms with Crippen LogP contribution in [0, 0.1) is 0 Å². The lowest BCUT2D eigenvalue weighted by Gasteiger charge is -2.11. The SMILES string of the molecule is CN(Cc1ccc(/C=C/C(=O)Nc2ccc3c(c2)OCO3)o1)S(C)(=O)=O. The van der Waals surface area contributed by atoms with Crippen molar-refractivity contribution in [3.63, 3.8) is 0 Å². The quantitative estimate of drug-likeness (QED) is 0.773. The average molecular weight is 378 g/mol. The highest BCUT2D eigenvalue weighted by atomic mass is 32.2. The molecule has 9 heteroatoms. The molecule has 1 aromatic heterocycles. The van der Waals surface area contributed by atoms with E-state index in [2.05, 4.69) is 5.32 Å². The summed E-state index contributed by atoms with van der Waals surface area (Å²) < 4.78 is 39.9. The first kappa shape index (κ1) is 18.0. The zero-order valence-corrected chi connectivity index (χ0v) is 15.1. The van der Waals surface area contributed by atoms with E-state index in [1.54, 1.807) is 30.3 Å². The van der Waals surface area contributed by atoms with Crippen LogP contribution in [0.2, 0.25) is 0 Å². The summed E-state index contributed by atoms with van der Waals surface area (Å²) >= 11 is 0. The fourth-order valence-electron chi connectivity index (χ4n) is 2.22. The molecule has 1 aromatic carbocycles. The fraction of sp³-hybridized carbons (Fsp3) is 0.235. The molecule has 8 nitrogen and oxygen atoms in total. The third-order valence-electron chi connectivity index (χ3n) is 3.67. The van der Waals surface area contributed by atoms with E-state index in [0.29, 0.717) is 28.7 Å². The van der Waals surface area contributed by atoms with Crippen LogP contribution >= 0.6 is 0 Å². The van der Waals surface area contributed by atoms with Gasteiger partial charge in [-0.2, -0.15) is 4.31 Å². The van der Waals surface area contributed by atoms with E-state index in [1.165, 1.54) is 23.5 Å². The van der Waals surface area contributed by atoms with Crippen LogP contribution in [-0.4, -0.2) is 38.7 Å². The Morgan fingerprint density at radius 1 is 1.23 bits per heavy atom. The van der Waals surface area contributed by atoms with Gasteiger partial charge in [0.25, 0.3) is 0 Å². The maximum absolute atomic E-state index is 12.0. The molecular weight excluding hydrogens is 360 g/mol.